The number of hydrogen-bond donors (Lipinski definition) is 0. The number of ketones is 1. The first-order valence-corrected chi connectivity index (χ1v) is 4.65. The first-order valence-electron chi connectivity index (χ1n) is 4.65. The Labute approximate surface area is 87.2 Å². The molecule has 4 nitrogen and oxygen atoms in total. The fourth-order valence-electron chi connectivity index (χ4n) is 1.40. The third kappa shape index (κ3) is 1.79. The average molecular weight is 202 g/mol. The molecule has 0 atom stereocenters. The molecule has 0 aromatic heterocycles. The summed E-state index contributed by atoms with van der Waals surface area (Å²) >= 11 is 0. The smallest absolute Gasteiger partial charge is 0.253 e. The maximum absolute atomic E-state index is 11.5. The minimum absolute atomic E-state index is 0.101. The number of nitrogens with zero attached hydrogens (tertiary/aromatic N) is 2. The van der Waals surface area contributed by atoms with Gasteiger partial charge in [0.15, 0.2) is 5.78 Å². The predicted octanol–water partition coefficient (Wildman–Crippen LogP) is 1.37. The van der Waals surface area contributed by atoms with Crippen LogP contribution >= 0.6 is 0 Å². The van der Waals surface area contributed by atoms with Gasteiger partial charge in [-0.25, -0.2) is 5.01 Å². The third-order valence-electron chi connectivity index (χ3n) is 2.18. The van der Waals surface area contributed by atoms with Gasteiger partial charge in [-0.15, -0.1) is 0 Å². The molecule has 0 spiro atoms. The first kappa shape index (κ1) is 9.58. The number of para-hydroxylation sites is 1. The number of benzene rings is 1. The highest BCUT2D eigenvalue weighted by molar-refractivity contribution is 6.44. The van der Waals surface area contributed by atoms with Gasteiger partial charge in [-0.2, -0.15) is 5.10 Å². The van der Waals surface area contributed by atoms with Crippen molar-refractivity contribution in [2.24, 2.45) is 5.10 Å². The Bertz CT molecular complexity index is 437. The molecule has 2 rings (SSSR count). The van der Waals surface area contributed by atoms with E-state index in [0.29, 0.717) is 11.4 Å². The molecule has 1 aliphatic rings. The molecule has 0 N–H and O–H groups in total. The second kappa shape index (κ2) is 3.65. The van der Waals surface area contributed by atoms with Gasteiger partial charge in [0.1, 0.15) is 5.71 Å². The molecule has 0 bridgehead atoms. The van der Waals surface area contributed by atoms with Crippen molar-refractivity contribution >= 4 is 23.1 Å². The SMILES string of the molecule is CC(=O)C1=NN(c2ccccc2)C(=O)C1. The van der Waals surface area contributed by atoms with Crippen LogP contribution in [0, 0.1) is 0 Å². The number of hydrogen-bond acceptors (Lipinski definition) is 3. The largest absolute Gasteiger partial charge is 0.293 e. The van der Waals surface area contributed by atoms with Crippen LogP contribution in [0.4, 0.5) is 5.69 Å². The lowest BCUT2D eigenvalue weighted by Crippen LogP contribution is -2.19. The van der Waals surface area contributed by atoms with E-state index >= 15 is 0 Å². The highest BCUT2D eigenvalue weighted by Crippen LogP contribution is 2.19. The molecule has 0 radical (unpaired) electrons. The standard InChI is InChI=1S/C11H10N2O2/c1-8(14)10-7-11(15)13(12-10)9-5-3-2-4-6-9/h2-6H,7H2,1H3. The van der Waals surface area contributed by atoms with Gasteiger partial charge in [0.25, 0.3) is 5.91 Å². The van der Waals surface area contributed by atoms with Gasteiger partial charge < -0.3 is 0 Å². The molecule has 0 saturated carbocycles. The summed E-state index contributed by atoms with van der Waals surface area (Å²) in [5, 5.41) is 5.26. The topological polar surface area (TPSA) is 49.7 Å². The molecule has 0 saturated heterocycles. The maximum atomic E-state index is 11.5. The number of hydrazone groups is 1. The molecule has 1 aliphatic heterocycles. The van der Waals surface area contributed by atoms with Gasteiger partial charge in [0.2, 0.25) is 0 Å². The van der Waals surface area contributed by atoms with E-state index in [9.17, 15) is 9.59 Å². The molecular weight excluding hydrogens is 192 g/mol. The van der Waals surface area contributed by atoms with Crippen molar-refractivity contribution in [3.05, 3.63) is 30.3 Å². The number of carbonyl (C=O) groups is 2. The third-order valence-corrected chi connectivity index (χ3v) is 2.18. The summed E-state index contributed by atoms with van der Waals surface area (Å²) in [6.45, 7) is 1.42. The summed E-state index contributed by atoms with van der Waals surface area (Å²) in [5.41, 5.74) is 1.02. The Kier molecular flexibility index (Phi) is 2.33. The van der Waals surface area contributed by atoms with Gasteiger partial charge >= 0.3 is 0 Å². The minimum atomic E-state index is -0.161. The van der Waals surface area contributed by atoms with Crippen LogP contribution < -0.4 is 5.01 Å². The summed E-state index contributed by atoms with van der Waals surface area (Å²) in [7, 11) is 0. The molecule has 0 aliphatic carbocycles. The summed E-state index contributed by atoms with van der Waals surface area (Å²) in [5.74, 6) is -0.312. The van der Waals surface area contributed by atoms with Crippen molar-refractivity contribution in [3.8, 4) is 0 Å². The maximum Gasteiger partial charge on any atom is 0.253 e. The Morgan fingerprint density at radius 3 is 2.53 bits per heavy atom. The van der Waals surface area contributed by atoms with Gasteiger partial charge in [0, 0.05) is 6.92 Å². The second-order valence-electron chi connectivity index (χ2n) is 3.32. The van der Waals surface area contributed by atoms with E-state index in [0.717, 1.165) is 0 Å². The number of anilines is 1. The van der Waals surface area contributed by atoms with E-state index in [1.54, 1.807) is 12.1 Å². The van der Waals surface area contributed by atoms with Crippen molar-refractivity contribution in [2.45, 2.75) is 13.3 Å². The fourth-order valence-corrected chi connectivity index (χ4v) is 1.40. The summed E-state index contributed by atoms with van der Waals surface area (Å²) in [4.78, 5) is 22.6. The highest BCUT2D eigenvalue weighted by atomic mass is 16.2. The zero-order chi connectivity index (χ0) is 10.8. The van der Waals surface area contributed by atoms with Crippen LogP contribution in [0.15, 0.2) is 35.4 Å². The monoisotopic (exact) mass is 202 g/mol. The van der Waals surface area contributed by atoms with E-state index in [1.165, 1.54) is 11.9 Å². The van der Waals surface area contributed by atoms with Crippen LogP contribution in [0.3, 0.4) is 0 Å². The molecule has 0 fully saturated rings. The van der Waals surface area contributed by atoms with Crippen LogP contribution in [-0.2, 0) is 9.59 Å². The van der Waals surface area contributed by atoms with E-state index in [4.69, 9.17) is 0 Å². The first-order chi connectivity index (χ1) is 7.18. The molecule has 1 heterocycles. The Morgan fingerprint density at radius 2 is 2.00 bits per heavy atom. The van der Waals surface area contributed by atoms with Crippen LogP contribution in [0.1, 0.15) is 13.3 Å². The summed E-state index contributed by atoms with van der Waals surface area (Å²) < 4.78 is 0. The number of amides is 1. The molecule has 0 unspecified atom stereocenters. The Balaban J connectivity index is 2.32. The molecule has 15 heavy (non-hydrogen) atoms. The predicted molar refractivity (Wildman–Crippen MR) is 56.7 cm³/mol. The minimum Gasteiger partial charge on any atom is -0.293 e. The van der Waals surface area contributed by atoms with Crippen LogP contribution in [0.5, 0.6) is 0 Å². The van der Waals surface area contributed by atoms with Crippen LogP contribution in [0.25, 0.3) is 0 Å². The van der Waals surface area contributed by atoms with Crippen molar-refractivity contribution < 1.29 is 9.59 Å². The average Bonchev–Trinajstić information content (AvgIpc) is 2.62. The second-order valence-corrected chi connectivity index (χ2v) is 3.32. The highest BCUT2D eigenvalue weighted by Gasteiger charge is 2.26. The van der Waals surface area contributed by atoms with E-state index in [2.05, 4.69) is 5.10 Å². The molecule has 1 amide bonds. The summed E-state index contributed by atoms with van der Waals surface area (Å²) in [6, 6.07) is 9.07. The van der Waals surface area contributed by atoms with Crippen molar-refractivity contribution in [1.29, 1.82) is 0 Å². The molecular formula is C11H10N2O2. The Morgan fingerprint density at radius 1 is 1.33 bits per heavy atom. The lowest BCUT2D eigenvalue weighted by atomic mass is 10.2. The molecule has 76 valence electrons. The lowest BCUT2D eigenvalue weighted by Gasteiger charge is -2.10. The van der Waals surface area contributed by atoms with Gasteiger partial charge in [0.05, 0.1) is 12.1 Å². The van der Waals surface area contributed by atoms with Crippen molar-refractivity contribution in [1.82, 2.24) is 0 Å². The molecule has 1 aromatic rings. The van der Waals surface area contributed by atoms with E-state index < -0.39 is 0 Å². The van der Waals surface area contributed by atoms with Gasteiger partial charge in [-0.1, -0.05) is 18.2 Å². The molecule has 1 aromatic carbocycles. The Hall–Kier alpha value is -1.97. The zero-order valence-electron chi connectivity index (χ0n) is 8.30. The lowest BCUT2D eigenvalue weighted by molar-refractivity contribution is -0.117. The number of carbonyl (C=O) groups excluding carboxylic acids is 2. The van der Waals surface area contributed by atoms with E-state index in [-0.39, 0.29) is 18.1 Å². The van der Waals surface area contributed by atoms with Crippen molar-refractivity contribution in [3.63, 3.8) is 0 Å². The number of Topliss-reactive ketones (excluding diaryl/α,β-unsaturated/α-hetero) is 1. The number of rotatable bonds is 2. The van der Waals surface area contributed by atoms with Gasteiger partial charge in [-0.05, 0) is 12.1 Å². The quantitative estimate of drug-likeness (QED) is 0.727. The summed E-state index contributed by atoms with van der Waals surface area (Å²) in [6.07, 6.45) is 0.101. The van der Waals surface area contributed by atoms with Gasteiger partial charge in [-0.3, -0.25) is 9.59 Å². The van der Waals surface area contributed by atoms with Crippen LogP contribution in [0.2, 0.25) is 0 Å². The fraction of sp³-hybridized carbons (Fsp3) is 0.182. The zero-order valence-corrected chi connectivity index (χ0v) is 8.30. The van der Waals surface area contributed by atoms with Crippen molar-refractivity contribution in [2.75, 3.05) is 5.01 Å². The normalized spacial score (nSPS) is 15.4. The van der Waals surface area contributed by atoms with Crippen LogP contribution in [-0.4, -0.2) is 17.4 Å². The van der Waals surface area contributed by atoms with E-state index in [1.807, 2.05) is 18.2 Å². The molecule has 4 heteroatoms.